The van der Waals surface area contributed by atoms with Crippen LogP contribution in [-0.2, 0) is 6.54 Å². The van der Waals surface area contributed by atoms with Crippen molar-refractivity contribution in [2.75, 3.05) is 13.1 Å². The standard InChI is InChI=1S/C18H22N2O/c1-3-20(14-16-9-6-7-12-19-16)13-11-18(21)17-10-5-4-8-15(17)2/h4-10,12H,3,11,13-14H2,1-2H3. The van der Waals surface area contributed by atoms with Crippen LogP contribution in [0.5, 0.6) is 0 Å². The van der Waals surface area contributed by atoms with Crippen molar-refractivity contribution in [1.29, 1.82) is 0 Å². The van der Waals surface area contributed by atoms with E-state index < -0.39 is 0 Å². The summed E-state index contributed by atoms with van der Waals surface area (Å²) in [5, 5.41) is 0. The summed E-state index contributed by atoms with van der Waals surface area (Å²) in [7, 11) is 0. The largest absolute Gasteiger partial charge is 0.297 e. The van der Waals surface area contributed by atoms with Crippen LogP contribution in [0.2, 0.25) is 0 Å². The van der Waals surface area contributed by atoms with Crippen LogP contribution in [0.15, 0.2) is 48.7 Å². The molecule has 1 aromatic heterocycles. The number of nitrogens with zero attached hydrogens (tertiary/aromatic N) is 2. The van der Waals surface area contributed by atoms with Gasteiger partial charge in [0.25, 0.3) is 0 Å². The number of hydrogen-bond donors (Lipinski definition) is 0. The van der Waals surface area contributed by atoms with Crippen LogP contribution in [-0.4, -0.2) is 28.8 Å². The lowest BCUT2D eigenvalue weighted by Crippen LogP contribution is -2.26. The normalized spacial score (nSPS) is 10.8. The molecule has 0 bridgehead atoms. The monoisotopic (exact) mass is 282 g/mol. The minimum absolute atomic E-state index is 0.215. The van der Waals surface area contributed by atoms with E-state index in [0.717, 1.165) is 36.5 Å². The Balaban J connectivity index is 1.91. The molecule has 0 fully saturated rings. The maximum Gasteiger partial charge on any atom is 0.164 e. The van der Waals surface area contributed by atoms with Gasteiger partial charge in [0.2, 0.25) is 0 Å². The zero-order valence-corrected chi connectivity index (χ0v) is 12.7. The lowest BCUT2D eigenvalue weighted by Gasteiger charge is -2.19. The van der Waals surface area contributed by atoms with Gasteiger partial charge in [0.1, 0.15) is 0 Å². The molecular weight excluding hydrogens is 260 g/mol. The molecule has 3 nitrogen and oxygen atoms in total. The van der Waals surface area contributed by atoms with Crippen molar-refractivity contribution >= 4 is 5.78 Å². The van der Waals surface area contributed by atoms with E-state index in [1.54, 1.807) is 0 Å². The number of aromatic nitrogens is 1. The Hall–Kier alpha value is -2.00. The molecule has 1 aromatic carbocycles. The fourth-order valence-electron chi connectivity index (χ4n) is 2.35. The third-order valence-corrected chi connectivity index (χ3v) is 3.66. The molecule has 2 aromatic rings. The van der Waals surface area contributed by atoms with E-state index in [0.29, 0.717) is 6.42 Å². The molecule has 0 saturated carbocycles. The van der Waals surface area contributed by atoms with Gasteiger partial charge in [-0.1, -0.05) is 37.3 Å². The van der Waals surface area contributed by atoms with E-state index in [1.165, 1.54) is 0 Å². The molecule has 2 rings (SSSR count). The highest BCUT2D eigenvalue weighted by Gasteiger charge is 2.11. The summed E-state index contributed by atoms with van der Waals surface area (Å²) >= 11 is 0. The SMILES string of the molecule is CCN(CCC(=O)c1ccccc1C)Cc1ccccn1. The first-order valence-electron chi connectivity index (χ1n) is 7.41. The molecular formula is C18H22N2O. The quantitative estimate of drug-likeness (QED) is 0.729. The van der Waals surface area contributed by atoms with Crippen LogP contribution >= 0.6 is 0 Å². The maximum atomic E-state index is 12.3. The van der Waals surface area contributed by atoms with Crippen LogP contribution in [0.3, 0.4) is 0 Å². The van der Waals surface area contributed by atoms with Crippen molar-refractivity contribution in [3.8, 4) is 0 Å². The molecule has 3 heteroatoms. The fourth-order valence-corrected chi connectivity index (χ4v) is 2.35. The molecule has 21 heavy (non-hydrogen) atoms. The highest BCUT2D eigenvalue weighted by Crippen LogP contribution is 2.11. The van der Waals surface area contributed by atoms with Crippen molar-refractivity contribution in [3.63, 3.8) is 0 Å². The average molecular weight is 282 g/mol. The zero-order chi connectivity index (χ0) is 15.1. The minimum Gasteiger partial charge on any atom is -0.297 e. The first-order valence-corrected chi connectivity index (χ1v) is 7.41. The second-order valence-corrected chi connectivity index (χ2v) is 5.18. The summed E-state index contributed by atoms with van der Waals surface area (Å²) in [4.78, 5) is 18.9. The minimum atomic E-state index is 0.215. The van der Waals surface area contributed by atoms with E-state index in [1.807, 2.05) is 55.6 Å². The third kappa shape index (κ3) is 4.50. The van der Waals surface area contributed by atoms with Gasteiger partial charge < -0.3 is 0 Å². The molecule has 0 aliphatic heterocycles. The van der Waals surface area contributed by atoms with E-state index in [9.17, 15) is 4.79 Å². The molecule has 0 N–H and O–H groups in total. The molecule has 1 heterocycles. The Morgan fingerprint density at radius 2 is 1.90 bits per heavy atom. The lowest BCUT2D eigenvalue weighted by atomic mass is 10.0. The number of carbonyl (C=O) groups is 1. The topological polar surface area (TPSA) is 33.2 Å². The number of aryl methyl sites for hydroxylation is 1. The summed E-state index contributed by atoms with van der Waals surface area (Å²) in [6, 6.07) is 13.7. The van der Waals surface area contributed by atoms with Crippen LogP contribution in [0, 0.1) is 6.92 Å². The third-order valence-electron chi connectivity index (χ3n) is 3.66. The number of pyridine rings is 1. The van der Waals surface area contributed by atoms with Crippen LogP contribution in [0.4, 0.5) is 0 Å². The Kier molecular flexibility index (Phi) is 5.64. The first-order chi connectivity index (χ1) is 10.2. The van der Waals surface area contributed by atoms with Crippen LogP contribution in [0.25, 0.3) is 0 Å². The van der Waals surface area contributed by atoms with Gasteiger partial charge in [-0.2, -0.15) is 0 Å². The Bertz CT molecular complexity index is 581. The Morgan fingerprint density at radius 1 is 1.14 bits per heavy atom. The molecule has 0 aliphatic carbocycles. The fraction of sp³-hybridized carbons (Fsp3) is 0.333. The number of carbonyl (C=O) groups excluding carboxylic acids is 1. The summed E-state index contributed by atoms with van der Waals surface area (Å²) in [6.07, 6.45) is 2.35. The molecule has 0 radical (unpaired) electrons. The van der Waals surface area contributed by atoms with Crippen molar-refractivity contribution in [3.05, 3.63) is 65.5 Å². The van der Waals surface area contributed by atoms with Gasteiger partial charge in [0.15, 0.2) is 5.78 Å². The molecule has 0 unspecified atom stereocenters. The van der Waals surface area contributed by atoms with E-state index in [2.05, 4.69) is 16.8 Å². The van der Waals surface area contributed by atoms with Crippen molar-refractivity contribution < 1.29 is 4.79 Å². The van der Waals surface area contributed by atoms with E-state index >= 15 is 0 Å². The van der Waals surface area contributed by atoms with Crippen LogP contribution in [0.1, 0.15) is 35.0 Å². The summed E-state index contributed by atoms with van der Waals surface area (Å²) in [5.41, 5.74) is 2.93. The van der Waals surface area contributed by atoms with Gasteiger partial charge >= 0.3 is 0 Å². The number of Topliss-reactive ketones (excluding diaryl/α,β-unsaturated/α-hetero) is 1. The molecule has 110 valence electrons. The van der Waals surface area contributed by atoms with Gasteiger partial charge in [0, 0.05) is 31.3 Å². The summed E-state index contributed by atoms with van der Waals surface area (Å²) in [6.45, 7) is 6.57. The molecule has 0 atom stereocenters. The predicted molar refractivity (Wildman–Crippen MR) is 85.3 cm³/mol. The molecule has 0 aliphatic rings. The number of benzene rings is 1. The highest BCUT2D eigenvalue weighted by molar-refractivity contribution is 5.97. The lowest BCUT2D eigenvalue weighted by molar-refractivity contribution is 0.0962. The first kappa shape index (κ1) is 15.4. The van der Waals surface area contributed by atoms with Gasteiger partial charge in [0.05, 0.1) is 5.69 Å². The van der Waals surface area contributed by atoms with E-state index in [-0.39, 0.29) is 5.78 Å². The molecule has 0 saturated heterocycles. The summed E-state index contributed by atoms with van der Waals surface area (Å²) < 4.78 is 0. The van der Waals surface area contributed by atoms with Crippen molar-refractivity contribution in [2.45, 2.75) is 26.8 Å². The number of hydrogen-bond acceptors (Lipinski definition) is 3. The number of rotatable bonds is 7. The highest BCUT2D eigenvalue weighted by atomic mass is 16.1. The molecule has 0 spiro atoms. The average Bonchev–Trinajstić information content (AvgIpc) is 2.52. The maximum absolute atomic E-state index is 12.3. The van der Waals surface area contributed by atoms with Gasteiger partial charge in [-0.25, -0.2) is 0 Å². The number of ketones is 1. The zero-order valence-electron chi connectivity index (χ0n) is 12.7. The van der Waals surface area contributed by atoms with Gasteiger partial charge in [-0.15, -0.1) is 0 Å². The van der Waals surface area contributed by atoms with E-state index in [4.69, 9.17) is 0 Å². The predicted octanol–water partition coefficient (Wildman–Crippen LogP) is 3.48. The van der Waals surface area contributed by atoms with Crippen LogP contribution < -0.4 is 0 Å². The van der Waals surface area contributed by atoms with Crippen molar-refractivity contribution in [1.82, 2.24) is 9.88 Å². The van der Waals surface area contributed by atoms with Gasteiger partial charge in [-0.05, 0) is 31.2 Å². The summed E-state index contributed by atoms with van der Waals surface area (Å²) in [5.74, 6) is 0.215. The second-order valence-electron chi connectivity index (χ2n) is 5.18. The smallest absolute Gasteiger partial charge is 0.164 e. The van der Waals surface area contributed by atoms with Crippen molar-refractivity contribution in [2.24, 2.45) is 0 Å². The Morgan fingerprint density at radius 3 is 2.57 bits per heavy atom. The second kappa shape index (κ2) is 7.70. The van der Waals surface area contributed by atoms with Gasteiger partial charge in [-0.3, -0.25) is 14.7 Å². The molecule has 0 amide bonds. The Labute approximate surface area is 126 Å².